The van der Waals surface area contributed by atoms with Crippen molar-refractivity contribution < 1.29 is 4.52 Å². The molecule has 18 heavy (non-hydrogen) atoms. The van der Waals surface area contributed by atoms with Gasteiger partial charge < -0.3 is 10.3 Å². The summed E-state index contributed by atoms with van der Waals surface area (Å²) in [5, 5.41) is 3.99. The number of aromatic nitrogens is 2. The average molecular weight is 273 g/mol. The molecule has 0 saturated heterocycles. The molecule has 1 aromatic heterocycles. The normalized spacial score (nSPS) is 20.8. The summed E-state index contributed by atoms with van der Waals surface area (Å²) in [6.45, 7) is 3.47. The van der Waals surface area contributed by atoms with Crippen LogP contribution in [0.2, 0.25) is 0 Å². The molecule has 3 rings (SSSR count). The van der Waals surface area contributed by atoms with Gasteiger partial charge in [0.2, 0.25) is 5.89 Å². The van der Waals surface area contributed by atoms with E-state index >= 15 is 0 Å². The Morgan fingerprint density at radius 1 is 1.39 bits per heavy atom. The first kappa shape index (κ1) is 13.8. The quantitative estimate of drug-likeness (QED) is 0.854. The van der Waals surface area contributed by atoms with Crippen molar-refractivity contribution in [3.05, 3.63) is 11.7 Å². The third-order valence-corrected chi connectivity index (χ3v) is 3.85. The zero-order chi connectivity index (χ0) is 11.8. The molecule has 5 nitrogen and oxygen atoms in total. The summed E-state index contributed by atoms with van der Waals surface area (Å²) < 4.78 is 5.06. The van der Waals surface area contributed by atoms with Gasteiger partial charge >= 0.3 is 0 Å². The zero-order valence-corrected chi connectivity index (χ0v) is 11.5. The van der Waals surface area contributed by atoms with Gasteiger partial charge in [-0.05, 0) is 38.5 Å². The van der Waals surface area contributed by atoms with Crippen LogP contribution in [-0.2, 0) is 13.1 Å². The molecule has 1 aromatic rings. The Hall–Kier alpha value is -0.650. The molecular formula is C12H21ClN4O. The molecule has 1 heterocycles. The van der Waals surface area contributed by atoms with Crippen LogP contribution < -0.4 is 5.73 Å². The van der Waals surface area contributed by atoms with Crippen LogP contribution in [0.1, 0.15) is 44.3 Å². The van der Waals surface area contributed by atoms with Crippen molar-refractivity contribution in [2.45, 2.75) is 57.8 Å². The van der Waals surface area contributed by atoms with Gasteiger partial charge in [0, 0.05) is 12.1 Å². The minimum atomic E-state index is 0. The Morgan fingerprint density at radius 3 is 2.61 bits per heavy atom. The van der Waals surface area contributed by atoms with Gasteiger partial charge in [0.05, 0.1) is 13.1 Å². The first-order chi connectivity index (χ1) is 8.28. The standard InChI is InChI=1S/C12H20N4O.ClH/c1-8(9-2-3-9)16(10-4-5-10)7-11-14-12(6-13)17-15-11;/h8-10H,2-7,13H2,1H3;1H. The largest absolute Gasteiger partial charge is 0.338 e. The van der Waals surface area contributed by atoms with E-state index in [4.69, 9.17) is 10.3 Å². The fraction of sp³-hybridized carbons (Fsp3) is 0.833. The first-order valence-corrected chi connectivity index (χ1v) is 6.55. The van der Waals surface area contributed by atoms with Crippen molar-refractivity contribution in [1.29, 1.82) is 0 Å². The van der Waals surface area contributed by atoms with Crippen LogP contribution in [-0.4, -0.2) is 27.1 Å². The molecule has 2 aliphatic rings. The number of nitrogens with two attached hydrogens (primary N) is 1. The Bertz CT molecular complexity index is 389. The van der Waals surface area contributed by atoms with Gasteiger partial charge in [-0.25, -0.2) is 0 Å². The third kappa shape index (κ3) is 3.02. The molecule has 0 amide bonds. The lowest BCUT2D eigenvalue weighted by molar-refractivity contribution is 0.164. The smallest absolute Gasteiger partial charge is 0.240 e. The average Bonchev–Trinajstić information content (AvgIpc) is 3.22. The molecular weight excluding hydrogens is 252 g/mol. The summed E-state index contributed by atoms with van der Waals surface area (Å²) in [4.78, 5) is 6.84. The molecule has 0 spiro atoms. The Balaban J connectivity index is 0.00000120. The highest BCUT2D eigenvalue weighted by Crippen LogP contribution is 2.40. The molecule has 102 valence electrons. The van der Waals surface area contributed by atoms with Crippen LogP contribution in [0, 0.1) is 5.92 Å². The molecule has 0 radical (unpaired) electrons. The maximum absolute atomic E-state index is 5.47. The van der Waals surface area contributed by atoms with Crippen molar-refractivity contribution in [2.24, 2.45) is 11.7 Å². The minimum absolute atomic E-state index is 0. The maximum atomic E-state index is 5.47. The molecule has 2 aliphatic carbocycles. The van der Waals surface area contributed by atoms with Gasteiger partial charge in [-0.3, -0.25) is 4.90 Å². The highest BCUT2D eigenvalue weighted by Gasteiger charge is 2.39. The number of rotatable bonds is 6. The van der Waals surface area contributed by atoms with Crippen molar-refractivity contribution in [2.75, 3.05) is 0 Å². The SMILES string of the molecule is CC(C1CC1)N(Cc1noc(CN)n1)C1CC1.Cl. The maximum Gasteiger partial charge on any atom is 0.240 e. The number of hydrogen-bond donors (Lipinski definition) is 1. The molecule has 6 heteroatoms. The van der Waals surface area contributed by atoms with E-state index in [1.54, 1.807) is 0 Å². The number of halogens is 1. The van der Waals surface area contributed by atoms with E-state index in [0.717, 1.165) is 24.3 Å². The van der Waals surface area contributed by atoms with Crippen LogP contribution in [0.25, 0.3) is 0 Å². The summed E-state index contributed by atoms with van der Waals surface area (Å²) in [5.41, 5.74) is 5.47. The molecule has 0 bridgehead atoms. The van der Waals surface area contributed by atoms with Gasteiger partial charge in [0.25, 0.3) is 0 Å². The Labute approximate surface area is 114 Å². The third-order valence-electron chi connectivity index (χ3n) is 3.85. The lowest BCUT2D eigenvalue weighted by Gasteiger charge is -2.27. The predicted octanol–water partition coefficient (Wildman–Crippen LogP) is 1.71. The summed E-state index contributed by atoms with van der Waals surface area (Å²) in [6.07, 6.45) is 5.40. The van der Waals surface area contributed by atoms with Gasteiger partial charge in [0.1, 0.15) is 0 Å². The summed E-state index contributed by atoms with van der Waals surface area (Å²) in [5.74, 6) is 2.20. The van der Waals surface area contributed by atoms with Crippen LogP contribution in [0.4, 0.5) is 0 Å². The van der Waals surface area contributed by atoms with Crippen LogP contribution in [0.3, 0.4) is 0 Å². The topological polar surface area (TPSA) is 68.2 Å². The van der Waals surface area contributed by atoms with Crippen molar-refractivity contribution in [1.82, 2.24) is 15.0 Å². The molecule has 2 N–H and O–H groups in total. The van der Waals surface area contributed by atoms with Gasteiger partial charge in [-0.15, -0.1) is 12.4 Å². The van der Waals surface area contributed by atoms with E-state index in [9.17, 15) is 0 Å². The summed E-state index contributed by atoms with van der Waals surface area (Å²) in [6, 6.07) is 1.40. The summed E-state index contributed by atoms with van der Waals surface area (Å²) >= 11 is 0. The van der Waals surface area contributed by atoms with Crippen molar-refractivity contribution >= 4 is 12.4 Å². The van der Waals surface area contributed by atoms with E-state index in [1.807, 2.05) is 0 Å². The zero-order valence-electron chi connectivity index (χ0n) is 10.7. The molecule has 0 aromatic carbocycles. The molecule has 2 fully saturated rings. The first-order valence-electron chi connectivity index (χ1n) is 6.55. The fourth-order valence-corrected chi connectivity index (χ4v) is 2.46. The number of nitrogens with zero attached hydrogens (tertiary/aromatic N) is 3. The molecule has 2 saturated carbocycles. The van der Waals surface area contributed by atoms with Crippen LogP contribution in [0.15, 0.2) is 4.52 Å². The second-order valence-corrected chi connectivity index (χ2v) is 5.29. The predicted molar refractivity (Wildman–Crippen MR) is 70.2 cm³/mol. The highest BCUT2D eigenvalue weighted by atomic mass is 35.5. The van der Waals surface area contributed by atoms with E-state index in [2.05, 4.69) is 22.0 Å². The summed E-state index contributed by atoms with van der Waals surface area (Å²) in [7, 11) is 0. The molecule has 0 aliphatic heterocycles. The van der Waals surface area contributed by atoms with Gasteiger partial charge in [0.15, 0.2) is 5.82 Å². The Kier molecular flexibility index (Phi) is 4.25. The van der Waals surface area contributed by atoms with Gasteiger partial charge in [-0.2, -0.15) is 4.98 Å². The second kappa shape index (κ2) is 5.55. The van der Waals surface area contributed by atoms with Gasteiger partial charge in [-0.1, -0.05) is 5.16 Å². The van der Waals surface area contributed by atoms with Crippen LogP contribution >= 0.6 is 12.4 Å². The molecule has 1 unspecified atom stereocenters. The number of hydrogen-bond acceptors (Lipinski definition) is 5. The van der Waals surface area contributed by atoms with Crippen molar-refractivity contribution in [3.63, 3.8) is 0 Å². The Morgan fingerprint density at radius 2 is 2.11 bits per heavy atom. The van der Waals surface area contributed by atoms with Crippen molar-refractivity contribution in [3.8, 4) is 0 Å². The van der Waals surface area contributed by atoms with E-state index < -0.39 is 0 Å². The fourth-order valence-electron chi connectivity index (χ4n) is 2.46. The van der Waals surface area contributed by atoms with E-state index in [-0.39, 0.29) is 12.4 Å². The van der Waals surface area contributed by atoms with E-state index in [0.29, 0.717) is 18.5 Å². The minimum Gasteiger partial charge on any atom is -0.338 e. The van der Waals surface area contributed by atoms with Crippen LogP contribution in [0.5, 0.6) is 0 Å². The second-order valence-electron chi connectivity index (χ2n) is 5.29. The monoisotopic (exact) mass is 272 g/mol. The lowest BCUT2D eigenvalue weighted by atomic mass is 10.2. The lowest BCUT2D eigenvalue weighted by Crippen LogP contribution is -2.36. The highest BCUT2D eigenvalue weighted by molar-refractivity contribution is 5.85. The molecule has 1 atom stereocenters. The van der Waals surface area contributed by atoms with E-state index in [1.165, 1.54) is 25.7 Å².